The fourth-order valence-electron chi connectivity index (χ4n) is 2.20. The molecule has 3 aromatic rings. The second kappa shape index (κ2) is 6.91. The number of fused-ring (bicyclic) bond motifs is 1. The van der Waals surface area contributed by atoms with Gasteiger partial charge in [0.15, 0.2) is 0 Å². The van der Waals surface area contributed by atoms with Crippen molar-refractivity contribution in [3.05, 3.63) is 48.9 Å². The van der Waals surface area contributed by atoms with E-state index >= 15 is 0 Å². The molecular weight excluding hydrogens is 306 g/mol. The van der Waals surface area contributed by atoms with Crippen molar-refractivity contribution in [2.45, 2.75) is 13.3 Å². The van der Waals surface area contributed by atoms with Crippen molar-refractivity contribution in [3.63, 3.8) is 0 Å². The number of anilines is 1. The Bertz CT molecular complexity index is 837. The van der Waals surface area contributed by atoms with Gasteiger partial charge in [-0.2, -0.15) is 0 Å². The summed E-state index contributed by atoms with van der Waals surface area (Å²) in [6, 6.07) is 9.19. The van der Waals surface area contributed by atoms with Crippen LogP contribution in [0.15, 0.2) is 48.9 Å². The van der Waals surface area contributed by atoms with Gasteiger partial charge in [0.1, 0.15) is 0 Å². The van der Waals surface area contributed by atoms with Gasteiger partial charge in [-0.05, 0) is 18.2 Å². The van der Waals surface area contributed by atoms with Gasteiger partial charge in [0, 0.05) is 36.3 Å². The van der Waals surface area contributed by atoms with E-state index in [0.29, 0.717) is 17.9 Å². The van der Waals surface area contributed by atoms with Crippen LogP contribution in [0.1, 0.15) is 13.3 Å². The third kappa shape index (κ3) is 3.57. The van der Waals surface area contributed by atoms with E-state index in [1.54, 1.807) is 25.3 Å². The summed E-state index contributed by atoms with van der Waals surface area (Å²) in [6.45, 7) is 1.70. The molecule has 0 radical (unpaired) electrons. The van der Waals surface area contributed by atoms with Crippen LogP contribution in [0.4, 0.5) is 5.69 Å². The van der Waals surface area contributed by atoms with Crippen molar-refractivity contribution in [1.29, 1.82) is 0 Å². The summed E-state index contributed by atoms with van der Waals surface area (Å²) in [7, 11) is 0. The molecule has 2 amide bonds. The first-order valence-electron chi connectivity index (χ1n) is 7.62. The number of benzene rings is 1. The van der Waals surface area contributed by atoms with Gasteiger partial charge in [0.05, 0.1) is 12.2 Å². The number of rotatable bonds is 5. The molecule has 122 valence electrons. The molecule has 7 heteroatoms. The van der Waals surface area contributed by atoms with Crippen LogP contribution in [0.25, 0.3) is 17.0 Å². The van der Waals surface area contributed by atoms with E-state index < -0.39 is 0 Å². The van der Waals surface area contributed by atoms with Gasteiger partial charge in [-0.15, -0.1) is 0 Å². The Kier molecular flexibility index (Phi) is 4.51. The van der Waals surface area contributed by atoms with Crippen molar-refractivity contribution in [2.75, 3.05) is 11.9 Å². The summed E-state index contributed by atoms with van der Waals surface area (Å²) >= 11 is 0. The summed E-state index contributed by atoms with van der Waals surface area (Å²) in [4.78, 5) is 31.5. The number of nitrogens with zero attached hydrogens (tertiary/aromatic N) is 3. The molecular formula is C17H17N5O2. The monoisotopic (exact) mass is 323 g/mol. The van der Waals surface area contributed by atoms with E-state index in [2.05, 4.69) is 20.6 Å². The number of nitrogens with one attached hydrogen (secondary N) is 2. The second-order valence-electron chi connectivity index (χ2n) is 5.21. The number of hydrogen-bond donors (Lipinski definition) is 2. The first kappa shape index (κ1) is 15.7. The first-order valence-corrected chi connectivity index (χ1v) is 7.62. The number of carbonyl (C=O) groups is 2. The molecule has 0 fully saturated rings. The third-order valence-electron chi connectivity index (χ3n) is 3.47. The van der Waals surface area contributed by atoms with Gasteiger partial charge in [-0.1, -0.05) is 19.1 Å². The lowest BCUT2D eigenvalue weighted by atomic mass is 10.1. The smallest absolute Gasteiger partial charge is 0.243 e. The van der Waals surface area contributed by atoms with E-state index in [1.165, 1.54) is 0 Å². The molecule has 0 saturated carbocycles. The van der Waals surface area contributed by atoms with E-state index in [4.69, 9.17) is 0 Å². The van der Waals surface area contributed by atoms with Crippen LogP contribution in [0, 0.1) is 0 Å². The lowest BCUT2D eigenvalue weighted by molar-refractivity contribution is -0.123. The van der Waals surface area contributed by atoms with Crippen molar-refractivity contribution in [1.82, 2.24) is 19.7 Å². The van der Waals surface area contributed by atoms with E-state index in [-0.39, 0.29) is 18.4 Å². The van der Waals surface area contributed by atoms with Crippen LogP contribution in [-0.4, -0.2) is 32.7 Å². The van der Waals surface area contributed by atoms with Gasteiger partial charge in [-0.3, -0.25) is 14.0 Å². The largest absolute Gasteiger partial charge is 0.347 e. The molecule has 0 aliphatic heterocycles. The molecule has 1 aromatic carbocycles. The van der Waals surface area contributed by atoms with Crippen molar-refractivity contribution in [2.24, 2.45) is 0 Å². The lowest BCUT2D eigenvalue weighted by Crippen LogP contribution is -2.32. The molecule has 2 aromatic heterocycles. The summed E-state index contributed by atoms with van der Waals surface area (Å²) in [6.07, 6.45) is 5.84. The predicted molar refractivity (Wildman–Crippen MR) is 90.4 cm³/mol. The SMILES string of the molecule is CCC(=O)NCC(=O)Nc1ccc(-c2cn3cccnc3n2)cc1. The average Bonchev–Trinajstić information content (AvgIpc) is 3.04. The molecule has 24 heavy (non-hydrogen) atoms. The van der Waals surface area contributed by atoms with E-state index in [9.17, 15) is 9.59 Å². The van der Waals surface area contributed by atoms with Crippen LogP contribution < -0.4 is 10.6 Å². The van der Waals surface area contributed by atoms with Crippen LogP contribution >= 0.6 is 0 Å². The fourth-order valence-corrected chi connectivity index (χ4v) is 2.20. The zero-order valence-electron chi connectivity index (χ0n) is 13.2. The minimum atomic E-state index is -0.263. The number of hydrogen-bond acceptors (Lipinski definition) is 4. The maximum atomic E-state index is 11.8. The van der Waals surface area contributed by atoms with Crippen molar-refractivity contribution >= 4 is 23.3 Å². The van der Waals surface area contributed by atoms with Crippen molar-refractivity contribution < 1.29 is 9.59 Å². The molecule has 0 bridgehead atoms. The van der Waals surface area contributed by atoms with Crippen LogP contribution in [0.2, 0.25) is 0 Å². The number of aromatic nitrogens is 3. The maximum absolute atomic E-state index is 11.8. The van der Waals surface area contributed by atoms with Crippen LogP contribution in [-0.2, 0) is 9.59 Å². The predicted octanol–water partition coefficient (Wildman–Crippen LogP) is 1.86. The Morgan fingerprint density at radius 1 is 1.17 bits per heavy atom. The highest BCUT2D eigenvalue weighted by Gasteiger charge is 2.07. The summed E-state index contributed by atoms with van der Waals surface area (Å²) in [5.41, 5.74) is 2.40. The molecule has 0 aliphatic carbocycles. The molecule has 0 spiro atoms. The number of carbonyl (C=O) groups excluding carboxylic acids is 2. The van der Waals surface area contributed by atoms with Crippen LogP contribution in [0.3, 0.4) is 0 Å². The highest BCUT2D eigenvalue weighted by molar-refractivity contribution is 5.94. The zero-order chi connectivity index (χ0) is 16.9. The Balaban J connectivity index is 1.67. The number of amides is 2. The minimum absolute atomic E-state index is 0.0352. The highest BCUT2D eigenvalue weighted by Crippen LogP contribution is 2.20. The van der Waals surface area contributed by atoms with Gasteiger partial charge in [0.2, 0.25) is 17.6 Å². The normalized spacial score (nSPS) is 10.5. The Morgan fingerprint density at radius 3 is 2.67 bits per heavy atom. The minimum Gasteiger partial charge on any atom is -0.347 e. The molecule has 2 N–H and O–H groups in total. The zero-order valence-corrected chi connectivity index (χ0v) is 13.2. The standard InChI is InChI=1S/C17H17N5O2/c1-2-15(23)19-10-16(24)20-13-6-4-12(5-7-13)14-11-22-9-3-8-18-17(22)21-14/h3-9,11H,2,10H2,1H3,(H,19,23)(H,20,24). The highest BCUT2D eigenvalue weighted by atomic mass is 16.2. The summed E-state index contributed by atoms with van der Waals surface area (Å²) in [5, 5.41) is 5.27. The lowest BCUT2D eigenvalue weighted by Gasteiger charge is -2.06. The summed E-state index contributed by atoms with van der Waals surface area (Å²) < 4.78 is 1.85. The first-order chi connectivity index (χ1) is 11.7. The van der Waals surface area contributed by atoms with E-state index in [1.807, 2.05) is 35.0 Å². The third-order valence-corrected chi connectivity index (χ3v) is 3.47. The van der Waals surface area contributed by atoms with Gasteiger partial charge in [-0.25, -0.2) is 9.97 Å². The van der Waals surface area contributed by atoms with Gasteiger partial charge < -0.3 is 10.6 Å². The molecule has 0 unspecified atom stereocenters. The molecule has 0 saturated heterocycles. The molecule has 0 aliphatic rings. The Labute approximate surface area is 138 Å². The molecule has 7 nitrogen and oxygen atoms in total. The Morgan fingerprint density at radius 2 is 1.96 bits per heavy atom. The quantitative estimate of drug-likeness (QED) is 0.750. The van der Waals surface area contributed by atoms with E-state index in [0.717, 1.165) is 11.3 Å². The van der Waals surface area contributed by atoms with Gasteiger partial charge in [0.25, 0.3) is 0 Å². The van der Waals surface area contributed by atoms with Gasteiger partial charge >= 0.3 is 0 Å². The molecule has 3 rings (SSSR count). The Hall–Kier alpha value is -3.22. The van der Waals surface area contributed by atoms with Crippen LogP contribution in [0.5, 0.6) is 0 Å². The number of imidazole rings is 1. The molecule has 0 atom stereocenters. The summed E-state index contributed by atoms with van der Waals surface area (Å²) in [5.74, 6) is 0.221. The molecule has 2 heterocycles. The maximum Gasteiger partial charge on any atom is 0.243 e. The second-order valence-corrected chi connectivity index (χ2v) is 5.21. The average molecular weight is 323 g/mol. The topological polar surface area (TPSA) is 88.4 Å². The fraction of sp³-hybridized carbons (Fsp3) is 0.176. The van der Waals surface area contributed by atoms with Crippen molar-refractivity contribution in [3.8, 4) is 11.3 Å².